The lowest BCUT2D eigenvalue weighted by atomic mass is 10.0. The molecule has 1 aromatic heterocycles. The van der Waals surface area contributed by atoms with E-state index in [2.05, 4.69) is 21.0 Å². The van der Waals surface area contributed by atoms with Crippen LogP contribution < -0.4 is 9.84 Å². The molecule has 2 aromatic rings. The number of methoxy groups -OCH3 is 1. The molecule has 0 N–H and O–H groups in total. The number of aliphatic carboxylic acids is 1. The largest absolute Gasteiger partial charge is 0.545 e. The Hall–Kier alpha value is -2.49. The summed E-state index contributed by atoms with van der Waals surface area (Å²) < 4.78 is 51.9. The second-order valence-electron chi connectivity index (χ2n) is 6.59. The summed E-state index contributed by atoms with van der Waals surface area (Å²) in [5.41, 5.74) is -0.674. The van der Waals surface area contributed by atoms with Crippen LogP contribution in [0.15, 0.2) is 35.1 Å². The molecule has 1 aliphatic rings. The van der Waals surface area contributed by atoms with Crippen LogP contribution in [0.25, 0.3) is 5.57 Å². The van der Waals surface area contributed by atoms with E-state index in [0.29, 0.717) is 18.0 Å². The second-order valence-corrected chi connectivity index (χ2v) is 7.35. The van der Waals surface area contributed by atoms with Crippen LogP contribution in [-0.2, 0) is 28.9 Å². The van der Waals surface area contributed by atoms with Gasteiger partial charge in [0.05, 0.1) is 19.3 Å². The van der Waals surface area contributed by atoms with Gasteiger partial charge in [0.25, 0.3) is 0 Å². The number of carbonyl (C=O) groups excluding carboxylic acids is 1. The predicted molar refractivity (Wildman–Crippen MR) is 98.4 cm³/mol. The van der Waals surface area contributed by atoms with Gasteiger partial charge in [0.2, 0.25) is 5.88 Å². The zero-order valence-electron chi connectivity index (χ0n) is 15.3. The molecule has 0 bridgehead atoms. The van der Waals surface area contributed by atoms with Gasteiger partial charge in [0.15, 0.2) is 5.56 Å². The fraction of sp³-hybridized carbons (Fsp3) is 0.368. The lowest BCUT2D eigenvalue weighted by molar-refractivity contribution is -0.295. The molecule has 1 fully saturated rings. The molecule has 156 valence electrons. The molecule has 1 saturated carbocycles. The lowest BCUT2D eigenvalue weighted by Gasteiger charge is -2.14. The van der Waals surface area contributed by atoms with Gasteiger partial charge in [-0.15, -0.1) is 5.10 Å². The summed E-state index contributed by atoms with van der Waals surface area (Å²) in [6, 6.07) is 6.25. The van der Waals surface area contributed by atoms with Gasteiger partial charge in [-0.2, -0.15) is 13.2 Å². The fourth-order valence-corrected chi connectivity index (χ4v) is 3.44. The number of benzene rings is 1. The van der Waals surface area contributed by atoms with E-state index in [4.69, 9.17) is 9.47 Å². The maximum absolute atomic E-state index is 13.5. The van der Waals surface area contributed by atoms with Gasteiger partial charge in [0, 0.05) is 12.1 Å². The van der Waals surface area contributed by atoms with Crippen LogP contribution in [-0.4, -0.2) is 22.9 Å². The molecular formula is C19H17BrF3N2O4-. The highest BCUT2D eigenvalue weighted by molar-refractivity contribution is 9.10. The number of halogens is 4. The molecule has 1 heterocycles. The van der Waals surface area contributed by atoms with Crippen LogP contribution in [0.2, 0.25) is 0 Å². The third kappa shape index (κ3) is 4.92. The third-order valence-electron chi connectivity index (χ3n) is 4.40. The first-order valence-corrected chi connectivity index (χ1v) is 9.50. The van der Waals surface area contributed by atoms with Gasteiger partial charge in [-0.3, -0.25) is 4.68 Å². The van der Waals surface area contributed by atoms with E-state index in [1.54, 1.807) is 18.2 Å². The second kappa shape index (κ2) is 8.48. The average molecular weight is 474 g/mol. The van der Waals surface area contributed by atoms with E-state index < -0.39 is 23.6 Å². The van der Waals surface area contributed by atoms with E-state index >= 15 is 0 Å². The standard InChI is InChI=1S/C19H18BrF3N2O4/c1-28-10-14(18(26)27)13-5-3-2-4-12(13)9-29-17-15(19(21,22)23)16(20)25(24-17)8-11-6-7-11/h2-5,10-11H,6-9H2,1H3,(H,26,27)/p-1/b14-10+. The SMILES string of the molecule is CO/C=C(/C(=O)[O-])c1ccccc1COc1nn(CC2CC2)c(Br)c1C(F)(F)F. The first-order chi connectivity index (χ1) is 13.7. The highest BCUT2D eigenvalue weighted by Gasteiger charge is 2.41. The Balaban J connectivity index is 1.90. The highest BCUT2D eigenvalue weighted by atomic mass is 79.9. The zero-order chi connectivity index (χ0) is 21.2. The Labute approximate surface area is 173 Å². The smallest absolute Gasteiger partial charge is 0.424 e. The molecule has 0 saturated heterocycles. The molecule has 1 aromatic carbocycles. The molecular weight excluding hydrogens is 457 g/mol. The third-order valence-corrected chi connectivity index (χ3v) is 5.20. The number of rotatable bonds is 8. The number of hydrogen-bond donors (Lipinski definition) is 0. The van der Waals surface area contributed by atoms with E-state index in [0.717, 1.165) is 19.1 Å². The van der Waals surface area contributed by atoms with Crippen molar-refractivity contribution in [3.63, 3.8) is 0 Å². The Kier molecular flexibility index (Phi) is 6.21. The Morgan fingerprint density at radius 1 is 1.38 bits per heavy atom. The fourth-order valence-electron chi connectivity index (χ4n) is 2.82. The quantitative estimate of drug-likeness (QED) is 0.433. The molecule has 0 aliphatic heterocycles. The number of alkyl halides is 3. The topological polar surface area (TPSA) is 76.4 Å². The summed E-state index contributed by atoms with van der Waals surface area (Å²) in [4.78, 5) is 11.4. The van der Waals surface area contributed by atoms with Crippen molar-refractivity contribution in [1.82, 2.24) is 9.78 Å². The molecule has 0 atom stereocenters. The number of nitrogens with zero attached hydrogens (tertiary/aromatic N) is 2. The van der Waals surface area contributed by atoms with E-state index in [-0.39, 0.29) is 22.3 Å². The monoisotopic (exact) mass is 473 g/mol. The number of carbonyl (C=O) groups is 1. The Morgan fingerprint density at radius 2 is 2.07 bits per heavy atom. The summed E-state index contributed by atoms with van der Waals surface area (Å²) in [6.45, 7) is 0.0511. The molecule has 0 unspecified atom stereocenters. The molecule has 0 amide bonds. The van der Waals surface area contributed by atoms with Crippen LogP contribution in [0.5, 0.6) is 5.88 Å². The first-order valence-electron chi connectivity index (χ1n) is 8.71. The molecule has 0 radical (unpaired) electrons. The summed E-state index contributed by atoms with van der Waals surface area (Å²) in [6.07, 6.45) is -1.76. The minimum Gasteiger partial charge on any atom is -0.545 e. The predicted octanol–water partition coefficient (Wildman–Crippen LogP) is 3.39. The van der Waals surface area contributed by atoms with E-state index in [1.165, 1.54) is 17.9 Å². The van der Waals surface area contributed by atoms with Crippen LogP contribution in [0.4, 0.5) is 13.2 Å². The number of aromatic nitrogens is 2. The van der Waals surface area contributed by atoms with Crippen molar-refractivity contribution in [3.05, 3.63) is 51.8 Å². The van der Waals surface area contributed by atoms with Crippen molar-refractivity contribution in [3.8, 4) is 5.88 Å². The van der Waals surface area contributed by atoms with Gasteiger partial charge in [-0.25, -0.2) is 0 Å². The van der Waals surface area contributed by atoms with Gasteiger partial charge in [-0.1, -0.05) is 24.3 Å². The van der Waals surface area contributed by atoms with Gasteiger partial charge >= 0.3 is 6.18 Å². The summed E-state index contributed by atoms with van der Waals surface area (Å²) in [5.74, 6) is -1.73. The van der Waals surface area contributed by atoms with Crippen LogP contribution >= 0.6 is 15.9 Å². The normalized spacial score (nSPS) is 14.7. The van der Waals surface area contributed by atoms with Crippen molar-refractivity contribution >= 4 is 27.5 Å². The minimum absolute atomic E-state index is 0.185. The maximum Gasteiger partial charge on any atom is 0.424 e. The summed E-state index contributed by atoms with van der Waals surface area (Å²) >= 11 is 2.99. The highest BCUT2D eigenvalue weighted by Crippen LogP contribution is 2.42. The van der Waals surface area contributed by atoms with Gasteiger partial charge in [-0.05, 0) is 45.8 Å². The van der Waals surface area contributed by atoms with Crippen LogP contribution in [0.1, 0.15) is 29.5 Å². The van der Waals surface area contributed by atoms with Gasteiger partial charge in [0.1, 0.15) is 11.2 Å². The minimum atomic E-state index is -4.67. The molecule has 3 rings (SSSR count). The molecule has 0 spiro atoms. The van der Waals surface area contributed by atoms with Crippen molar-refractivity contribution in [2.75, 3.05) is 7.11 Å². The van der Waals surface area contributed by atoms with Crippen molar-refractivity contribution < 1.29 is 32.5 Å². The summed E-state index contributed by atoms with van der Waals surface area (Å²) in [5, 5.41) is 15.4. The zero-order valence-corrected chi connectivity index (χ0v) is 16.9. The van der Waals surface area contributed by atoms with Crippen molar-refractivity contribution in [2.24, 2.45) is 5.92 Å². The van der Waals surface area contributed by atoms with Gasteiger partial charge < -0.3 is 19.4 Å². The van der Waals surface area contributed by atoms with Crippen LogP contribution in [0, 0.1) is 5.92 Å². The van der Waals surface area contributed by atoms with E-state index in [1.807, 2.05) is 0 Å². The number of hydrogen-bond acceptors (Lipinski definition) is 5. The number of carboxylic acid groups (broad SMARTS) is 1. The number of ether oxygens (including phenoxy) is 2. The lowest BCUT2D eigenvalue weighted by Crippen LogP contribution is -2.24. The van der Waals surface area contributed by atoms with Crippen molar-refractivity contribution in [2.45, 2.75) is 32.2 Å². The van der Waals surface area contributed by atoms with E-state index in [9.17, 15) is 23.1 Å². The average Bonchev–Trinajstić information content (AvgIpc) is 3.40. The number of carboxylic acids is 1. The molecule has 10 heteroatoms. The van der Waals surface area contributed by atoms with Crippen molar-refractivity contribution in [1.29, 1.82) is 0 Å². The molecule has 29 heavy (non-hydrogen) atoms. The van der Waals surface area contributed by atoms with Crippen LogP contribution in [0.3, 0.4) is 0 Å². The maximum atomic E-state index is 13.5. The summed E-state index contributed by atoms with van der Waals surface area (Å²) in [7, 11) is 1.28. The molecule has 6 nitrogen and oxygen atoms in total. The Morgan fingerprint density at radius 3 is 2.66 bits per heavy atom. The first kappa shape index (κ1) is 21.2. The Bertz CT molecular complexity index is 936. The molecule has 1 aliphatic carbocycles.